The molecule has 1 aromatic heterocycles. The molecule has 0 unspecified atom stereocenters. The second-order valence-corrected chi connectivity index (χ2v) is 9.31. The number of hydrogen-bond donors (Lipinski definition) is 1. The zero-order valence-electron chi connectivity index (χ0n) is 20.3. The molecule has 0 radical (unpaired) electrons. The lowest BCUT2D eigenvalue weighted by molar-refractivity contribution is 0.0599. The monoisotopic (exact) mass is 514 g/mol. The van der Waals surface area contributed by atoms with E-state index in [2.05, 4.69) is 22.0 Å². The summed E-state index contributed by atoms with van der Waals surface area (Å²) in [5, 5.41) is 0.384. The highest BCUT2D eigenvalue weighted by molar-refractivity contribution is 7.71. The van der Waals surface area contributed by atoms with Crippen LogP contribution >= 0.6 is 12.2 Å². The highest BCUT2D eigenvalue weighted by Gasteiger charge is 2.22. The molecule has 0 aliphatic carbocycles. The molecule has 0 atom stereocenters. The first kappa shape index (κ1) is 24.6. The molecule has 3 aromatic carbocycles. The van der Waals surface area contributed by atoms with E-state index >= 15 is 0 Å². The number of nitrogens with one attached hydrogen (secondary N) is 1. The third kappa shape index (κ3) is 5.09. The molecular weight excluding hydrogens is 488 g/mol. The summed E-state index contributed by atoms with van der Waals surface area (Å²) in [5.74, 6) is -0.527. The lowest BCUT2D eigenvalue weighted by Crippen LogP contribution is -2.48. The van der Waals surface area contributed by atoms with Crippen LogP contribution in [0.4, 0.5) is 0 Å². The topological polar surface area (TPSA) is 87.6 Å². The van der Waals surface area contributed by atoms with Gasteiger partial charge < -0.3 is 14.6 Å². The van der Waals surface area contributed by atoms with Crippen molar-refractivity contribution in [3.8, 4) is 5.69 Å². The van der Waals surface area contributed by atoms with E-state index in [-0.39, 0.29) is 16.2 Å². The van der Waals surface area contributed by atoms with E-state index in [0.29, 0.717) is 40.8 Å². The number of methoxy groups -OCH3 is 1. The van der Waals surface area contributed by atoms with Gasteiger partial charge in [-0.25, -0.2) is 4.79 Å². The molecule has 5 rings (SSSR count). The number of carbonyl (C=O) groups is 2. The molecule has 1 aliphatic rings. The average Bonchev–Trinajstić information content (AvgIpc) is 2.93. The summed E-state index contributed by atoms with van der Waals surface area (Å²) in [6, 6.07) is 21.9. The van der Waals surface area contributed by atoms with Crippen LogP contribution in [0.15, 0.2) is 77.6 Å². The van der Waals surface area contributed by atoms with Crippen molar-refractivity contribution in [1.82, 2.24) is 19.4 Å². The molecule has 37 heavy (non-hydrogen) atoms. The van der Waals surface area contributed by atoms with Crippen LogP contribution in [0.2, 0.25) is 0 Å². The van der Waals surface area contributed by atoms with Crippen molar-refractivity contribution < 1.29 is 14.3 Å². The largest absolute Gasteiger partial charge is 0.465 e. The highest BCUT2D eigenvalue weighted by atomic mass is 32.1. The molecule has 2 heterocycles. The maximum absolute atomic E-state index is 13.2. The maximum Gasteiger partial charge on any atom is 0.337 e. The molecule has 1 fully saturated rings. The lowest BCUT2D eigenvalue weighted by atomic mass is 10.1. The average molecular weight is 515 g/mol. The van der Waals surface area contributed by atoms with Gasteiger partial charge in [0.15, 0.2) is 4.77 Å². The van der Waals surface area contributed by atoms with Gasteiger partial charge in [0.05, 0.1) is 29.3 Å². The number of rotatable bonds is 5. The second-order valence-electron chi connectivity index (χ2n) is 8.92. The van der Waals surface area contributed by atoms with Gasteiger partial charge in [-0.1, -0.05) is 30.3 Å². The minimum Gasteiger partial charge on any atom is -0.465 e. The first-order valence-corrected chi connectivity index (χ1v) is 12.4. The van der Waals surface area contributed by atoms with Crippen molar-refractivity contribution >= 4 is 35.0 Å². The van der Waals surface area contributed by atoms with Gasteiger partial charge in [0.25, 0.3) is 11.5 Å². The van der Waals surface area contributed by atoms with Gasteiger partial charge >= 0.3 is 5.97 Å². The van der Waals surface area contributed by atoms with E-state index in [1.807, 2.05) is 23.1 Å². The summed E-state index contributed by atoms with van der Waals surface area (Å²) in [7, 11) is 1.30. The number of nitrogens with zero attached hydrogens (tertiary/aromatic N) is 3. The fourth-order valence-electron chi connectivity index (χ4n) is 4.58. The predicted octanol–water partition coefficient (Wildman–Crippen LogP) is 3.79. The molecule has 1 aliphatic heterocycles. The molecule has 1 saturated heterocycles. The van der Waals surface area contributed by atoms with E-state index in [9.17, 15) is 14.4 Å². The van der Waals surface area contributed by atoms with Gasteiger partial charge in [-0.15, -0.1) is 0 Å². The Labute approximate surface area is 218 Å². The fraction of sp³-hybridized carbons (Fsp3) is 0.214. The summed E-state index contributed by atoms with van der Waals surface area (Å²) in [4.78, 5) is 45.4. The van der Waals surface area contributed by atoms with Gasteiger partial charge in [0.1, 0.15) is 0 Å². The fourth-order valence-corrected chi connectivity index (χ4v) is 4.88. The number of piperazine rings is 1. The standard InChI is InChI=1S/C28H26N4O4S/c1-36-27(35)21-9-12-23-24(17-21)29-28(37)32(26(23)34)22-10-7-20(8-11-22)25(33)31-15-13-30(14-16-31)18-19-5-3-2-4-6-19/h2-12,17H,13-16,18H2,1H3,(H,29,37). The minimum absolute atomic E-state index is 0.0303. The number of aromatic amines is 1. The van der Waals surface area contributed by atoms with Crippen LogP contribution in [0.3, 0.4) is 0 Å². The first-order chi connectivity index (χ1) is 17.9. The summed E-state index contributed by atoms with van der Waals surface area (Å²) in [6.45, 7) is 3.84. The minimum atomic E-state index is -0.497. The van der Waals surface area contributed by atoms with Crippen molar-refractivity contribution in [2.45, 2.75) is 6.54 Å². The molecule has 1 amide bonds. The highest BCUT2D eigenvalue weighted by Crippen LogP contribution is 2.16. The Morgan fingerprint density at radius 3 is 2.27 bits per heavy atom. The third-order valence-corrected chi connectivity index (χ3v) is 6.88. The number of H-pyrrole nitrogens is 1. The van der Waals surface area contributed by atoms with Crippen molar-refractivity contribution in [2.24, 2.45) is 0 Å². The van der Waals surface area contributed by atoms with Crippen LogP contribution in [0.1, 0.15) is 26.3 Å². The van der Waals surface area contributed by atoms with Crippen LogP contribution in [0.25, 0.3) is 16.6 Å². The van der Waals surface area contributed by atoms with Crippen molar-refractivity contribution in [3.63, 3.8) is 0 Å². The van der Waals surface area contributed by atoms with Crippen molar-refractivity contribution in [3.05, 3.63) is 105 Å². The van der Waals surface area contributed by atoms with Crippen LogP contribution in [0, 0.1) is 4.77 Å². The maximum atomic E-state index is 13.2. The van der Waals surface area contributed by atoms with Crippen LogP contribution < -0.4 is 5.56 Å². The van der Waals surface area contributed by atoms with Gasteiger partial charge in [-0.05, 0) is 60.2 Å². The number of hydrogen-bond acceptors (Lipinski definition) is 6. The van der Waals surface area contributed by atoms with E-state index in [1.54, 1.807) is 36.4 Å². The molecule has 9 heteroatoms. The van der Waals surface area contributed by atoms with Crippen LogP contribution in [-0.2, 0) is 11.3 Å². The molecular formula is C28H26N4O4S. The van der Waals surface area contributed by atoms with Crippen LogP contribution in [0.5, 0.6) is 0 Å². The summed E-state index contributed by atoms with van der Waals surface area (Å²) in [6.07, 6.45) is 0. The number of amides is 1. The third-order valence-electron chi connectivity index (χ3n) is 6.60. The Hall–Kier alpha value is -4.08. The van der Waals surface area contributed by atoms with Crippen molar-refractivity contribution in [2.75, 3.05) is 33.3 Å². The number of esters is 1. The number of fused-ring (bicyclic) bond motifs is 1. The molecule has 1 N–H and O–H groups in total. The molecule has 0 spiro atoms. The Kier molecular flexibility index (Phi) is 6.98. The molecule has 0 bridgehead atoms. The Morgan fingerprint density at radius 2 is 1.59 bits per heavy atom. The normalized spacial score (nSPS) is 14.0. The van der Waals surface area contributed by atoms with E-state index in [1.165, 1.54) is 23.3 Å². The lowest BCUT2D eigenvalue weighted by Gasteiger charge is -2.34. The van der Waals surface area contributed by atoms with Crippen molar-refractivity contribution in [1.29, 1.82) is 0 Å². The Bertz CT molecular complexity index is 1570. The van der Waals surface area contributed by atoms with E-state index < -0.39 is 5.97 Å². The quantitative estimate of drug-likeness (QED) is 0.322. The first-order valence-electron chi connectivity index (χ1n) is 12.0. The number of aromatic nitrogens is 2. The molecule has 0 saturated carbocycles. The Balaban J connectivity index is 1.31. The zero-order valence-corrected chi connectivity index (χ0v) is 21.2. The number of ether oxygens (including phenoxy) is 1. The molecule has 188 valence electrons. The summed E-state index contributed by atoms with van der Waals surface area (Å²) in [5.41, 5.74) is 2.84. The van der Waals surface area contributed by atoms with Gasteiger partial charge in [-0.3, -0.25) is 19.1 Å². The smallest absolute Gasteiger partial charge is 0.337 e. The van der Waals surface area contributed by atoms with E-state index in [0.717, 1.165) is 19.6 Å². The van der Waals surface area contributed by atoms with E-state index in [4.69, 9.17) is 17.0 Å². The zero-order chi connectivity index (χ0) is 25.9. The second kappa shape index (κ2) is 10.5. The SMILES string of the molecule is COC(=O)c1ccc2c(=O)n(-c3ccc(C(=O)N4CCN(Cc5ccccc5)CC4)cc3)c(=S)[nH]c2c1. The van der Waals surface area contributed by atoms with Crippen LogP contribution in [-0.4, -0.2) is 64.5 Å². The van der Waals surface area contributed by atoms with Gasteiger partial charge in [-0.2, -0.15) is 0 Å². The molecule has 8 nitrogen and oxygen atoms in total. The predicted molar refractivity (Wildman–Crippen MR) is 144 cm³/mol. The summed E-state index contributed by atoms with van der Waals surface area (Å²) < 4.78 is 6.32. The van der Waals surface area contributed by atoms with Gasteiger partial charge in [0.2, 0.25) is 0 Å². The summed E-state index contributed by atoms with van der Waals surface area (Å²) >= 11 is 5.44. The number of carbonyl (C=O) groups excluding carboxylic acids is 2. The molecule has 4 aromatic rings. The van der Waals surface area contributed by atoms with Gasteiger partial charge in [0, 0.05) is 38.3 Å². The Morgan fingerprint density at radius 1 is 0.919 bits per heavy atom. The number of benzene rings is 3.